The van der Waals surface area contributed by atoms with Crippen molar-refractivity contribution in [3.63, 3.8) is 0 Å². The lowest BCUT2D eigenvalue weighted by Gasteiger charge is -2.30. The molecule has 4 rings (SSSR count). The second kappa shape index (κ2) is 7.52. The molecule has 0 saturated carbocycles. The van der Waals surface area contributed by atoms with Crippen LogP contribution in [-0.4, -0.2) is 46.5 Å². The first-order chi connectivity index (χ1) is 13.1. The van der Waals surface area contributed by atoms with Gasteiger partial charge in [-0.15, -0.1) is 0 Å². The van der Waals surface area contributed by atoms with Crippen molar-refractivity contribution in [1.29, 1.82) is 0 Å². The molecule has 1 saturated heterocycles. The van der Waals surface area contributed by atoms with Gasteiger partial charge in [-0.2, -0.15) is 5.10 Å². The molecule has 27 heavy (non-hydrogen) atoms. The van der Waals surface area contributed by atoms with Crippen LogP contribution in [0.25, 0.3) is 0 Å². The third-order valence-electron chi connectivity index (χ3n) is 5.48. The summed E-state index contributed by atoms with van der Waals surface area (Å²) < 4.78 is 0. The molecule has 0 unspecified atom stereocenters. The second-order valence-electron chi connectivity index (χ2n) is 7.46. The van der Waals surface area contributed by atoms with E-state index in [2.05, 4.69) is 27.8 Å². The van der Waals surface area contributed by atoms with Crippen molar-refractivity contribution in [2.75, 3.05) is 25.0 Å². The minimum atomic E-state index is -0.236. The van der Waals surface area contributed by atoms with E-state index in [4.69, 9.17) is 0 Å². The zero-order chi connectivity index (χ0) is 18.8. The molecule has 1 fully saturated rings. The average molecular weight is 367 g/mol. The molecule has 0 bridgehead atoms. The molecule has 2 amide bonds. The molecule has 2 aliphatic rings. The highest BCUT2D eigenvalue weighted by molar-refractivity contribution is 6.04. The van der Waals surface area contributed by atoms with Crippen molar-refractivity contribution in [2.24, 2.45) is 5.92 Å². The van der Waals surface area contributed by atoms with E-state index in [1.54, 1.807) is 24.3 Å². The van der Waals surface area contributed by atoms with Crippen LogP contribution in [0.4, 0.5) is 5.69 Å². The van der Waals surface area contributed by atoms with E-state index in [9.17, 15) is 9.59 Å². The lowest BCUT2D eigenvalue weighted by Crippen LogP contribution is -2.37. The largest absolute Gasteiger partial charge is 0.339 e. The molecule has 7 heteroatoms. The van der Waals surface area contributed by atoms with E-state index in [1.165, 1.54) is 0 Å². The van der Waals surface area contributed by atoms with Gasteiger partial charge in [-0.05, 0) is 43.0 Å². The summed E-state index contributed by atoms with van der Waals surface area (Å²) in [5.74, 6) is 0.516. The Balaban J connectivity index is 1.41. The van der Waals surface area contributed by atoms with Gasteiger partial charge in [-0.25, -0.2) is 0 Å². The van der Waals surface area contributed by atoms with Gasteiger partial charge in [0.2, 0.25) is 0 Å². The number of aromatic amines is 1. The van der Waals surface area contributed by atoms with Gasteiger partial charge in [0.15, 0.2) is 5.69 Å². The molecular formula is C20H25N5O2. The Bertz CT molecular complexity index is 835. The van der Waals surface area contributed by atoms with Gasteiger partial charge in [-0.1, -0.05) is 6.92 Å². The number of anilines is 1. The number of fused-ring (bicyclic) bond motifs is 1. The number of carbonyl (C=O) groups is 2. The van der Waals surface area contributed by atoms with Crippen LogP contribution in [0.15, 0.2) is 24.3 Å². The average Bonchev–Trinajstić information content (AvgIpc) is 3.13. The van der Waals surface area contributed by atoms with Crippen LogP contribution in [0, 0.1) is 5.92 Å². The van der Waals surface area contributed by atoms with Gasteiger partial charge < -0.3 is 15.5 Å². The topological polar surface area (TPSA) is 90.1 Å². The first-order valence-electron chi connectivity index (χ1n) is 9.59. The summed E-state index contributed by atoms with van der Waals surface area (Å²) in [6.45, 7) is 5.40. The Morgan fingerprint density at radius 3 is 2.67 bits per heavy atom. The summed E-state index contributed by atoms with van der Waals surface area (Å²) in [6.07, 6.45) is 2.97. The molecule has 0 spiro atoms. The first-order valence-corrected chi connectivity index (χ1v) is 9.59. The monoisotopic (exact) mass is 367 g/mol. The molecule has 1 aromatic carbocycles. The Labute approximate surface area is 158 Å². The zero-order valence-corrected chi connectivity index (χ0v) is 15.5. The summed E-state index contributed by atoms with van der Waals surface area (Å²) in [7, 11) is 0. The van der Waals surface area contributed by atoms with E-state index < -0.39 is 0 Å². The quantitative estimate of drug-likeness (QED) is 0.776. The molecule has 0 atom stereocenters. The fourth-order valence-corrected chi connectivity index (χ4v) is 3.69. The van der Waals surface area contributed by atoms with E-state index >= 15 is 0 Å². The van der Waals surface area contributed by atoms with Gasteiger partial charge in [0.05, 0.1) is 0 Å². The Morgan fingerprint density at radius 2 is 1.93 bits per heavy atom. The van der Waals surface area contributed by atoms with Crippen LogP contribution in [0.1, 0.15) is 51.9 Å². The van der Waals surface area contributed by atoms with Crippen molar-refractivity contribution < 1.29 is 9.59 Å². The van der Waals surface area contributed by atoms with Crippen molar-refractivity contribution in [3.05, 3.63) is 46.8 Å². The minimum absolute atomic E-state index is 0.0622. The number of nitrogens with one attached hydrogen (secondary N) is 3. The molecular weight excluding hydrogens is 342 g/mol. The summed E-state index contributed by atoms with van der Waals surface area (Å²) in [6, 6.07) is 7.10. The predicted molar refractivity (Wildman–Crippen MR) is 103 cm³/mol. The van der Waals surface area contributed by atoms with Gasteiger partial charge in [0.1, 0.15) is 0 Å². The Kier molecular flexibility index (Phi) is 4.94. The zero-order valence-electron chi connectivity index (χ0n) is 15.5. The van der Waals surface area contributed by atoms with Crippen molar-refractivity contribution in [1.82, 2.24) is 20.4 Å². The summed E-state index contributed by atoms with van der Waals surface area (Å²) in [5.41, 5.74) is 3.70. The maximum absolute atomic E-state index is 12.6. The normalized spacial score (nSPS) is 17.4. The number of piperidine rings is 1. The maximum Gasteiger partial charge on any atom is 0.276 e. The molecule has 142 valence electrons. The van der Waals surface area contributed by atoms with Gasteiger partial charge in [-0.3, -0.25) is 14.7 Å². The number of benzene rings is 1. The first kappa shape index (κ1) is 17.7. The number of hydrogen-bond donors (Lipinski definition) is 3. The minimum Gasteiger partial charge on any atom is -0.339 e. The number of likely N-dealkylation sites (tertiary alicyclic amines) is 1. The smallest absolute Gasteiger partial charge is 0.276 e. The van der Waals surface area contributed by atoms with E-state index in [0.29, 0.717) is 29.4 Å². The highest BCUT2D eigenvalue weighted by Gasteiger charge is 2.23. The molecule has 0 aliphatic carbocycles. The maximum atomic E-state index is 12.6. The number of carbonyl (C=O) groups excluding carboxylic acids is 2. The number of H-pyrrole nitrogens is 1. The molecule has 7 nitrogen and oxygen atoms in total. The molecule has 0 radical (unpaired) electrons. The number of amides is 2. The van der Waals surface area contributed by atoms with E-state index in [0.717, 1.165) is 50.2 Å². The number of rotatable bonds is 3. The van der Waals surface area contributed by atoms with Crippen LogP contribution < -0.4 is 10.6 Å². The molecule has 3 N–H and O–H groups in total. The predicted octanol–water partition coefficient (Wildman–Crippen LogP) is 2.18. The van der Waals surface area contributed by atoms with Crippen molar-refractivity contribution in [3.8, 4) is 0 Å². The summed E-state index contributed by atoms with van der Waals surface area (Å²) in [5, 5.41) is 13.3. The third kappa shape index (κ3) is 3.73. The number of aromatic nitrogens is 2. The lowest BCUT2D eigenvalue weighted by molar-refractivity contribution is 0.0697. The van der Waals surface area contributed by atoms with Crippen LogP contribution in [0.3, 0.4) is 0 Å². The Hall–Kier alpha value is -2.67. The van der Waals surface area contributed by atoms with Gasteiger partial charge >= 0.3 is 0 Å². The lowest BCUT2D eigenvalue weighted by atomic mass is 9.98. The molecule has 2 aromatic rings. The van der Waals surface area contributed by atoms with E-state index in [1.807, 2.05) is 4.90 Å². The molecule has 3 heterocycles. The highest BCUT2D eigenvalue weighted by Crippen LogP contribution is 2.20. The number of hydrogen-bond acceptors (Lipinski definition) is 4. The molecule has 2 aliphatic heterocycles. The van der Waals surface area contributed by atoms with Crippen LogP contribution in [-0.2, 0) is 13.0 Å². The summed E-state index contributed by atoms with van der Waals surface area (Å²) in [4.78, 5) is 27.1. The highest BCUT2D eigenvalue weighted by atomic mass is 16.2. The Morgan fingerprint density at radius 1 is 1.19 bits per heavy atom. The summed E-state index contributed by atoms with van der Waals surface area (Å²) >= 11 is 0. The SMILES string of the molecule is CC1CCN(C(=O)c2ccc(NC(=O)c3n[nH]c4c3CNCC4)cc2)CC1. The van der Waals surface area contributed by atoms with Crippen LogP contribution in [0.5, 0.6) is 0 Å². The van der Waals surface area contributed by atoms with Gasteiger partial charge in [0, 0.05) is 55.1 Å². The van der Waals surface area contributed by atoms with Crippen LogP contribution in [0.2, 0.25) is 0 Å². The second-order valence-corrected chi connectivity index (χ2v) is 7.46. The fraction of sp³-hybridized carbons (Fsp3) is 0.450. The van der Waals surface area contributed by atoms with E-state index in [-0.39, 0.29) is 11.8 Å². The van der Waals surface area contributed by atoms with Crippen molar-refractivity contribution in [2.45, 2.75) is 32.7 Å². The standard InChI is InChI=1S/C20H25N5O2/c1-13-7-10-25(11-8-13)20(27)14-2-4-15(5-3-14)22-19(26)18-16-12-21-9-6-17(16)23-24-18/h2-5,13,21H,6-12H2,1H3,(H,22,26)(H,23,24). The fourth-order valence-electron chi connectivity index (χ4n) is 3.69. The number of nitrogens with zero attached hydrogens (tertiary/aromatic N) is 2. The van der Waals surface area contributed by atoms with Crippen molar-refractivity contribution >= 4 is 17.5 Å². The molecule has 1 aromatic heterocycles. The van der Waals surface area contributed by atoms with Gasteiger partial charge in [0.25, 0.3) is 11.8 Å². The van der Waals surface area contributed by atoms with Crippen LogP contribution >= 0.6 is 0 Å². The third-order valence-corrected chi connectivity index (χ3v) is 5.48.